The number of nitrogens with zero attached hydrogens (tertiary/aromatic N) is 2. The van der Waals surface area contributed by atoms with E-state index in [1.807, 2.05) is 18.0 Å². The van der Waals surface area contributed by atoms with Gasteiger partial charge in [-0.1, -0.05) is 13.8 Å². The second-order valence-corrected chi connectivity index (χ2v) is 14.1. The van der Waals surface area contributed by atoms with Crippen molar-refractivity contribution in [3.05, 3.63) is 34.4 Å². The number of aliphatic hydroxyl groups is 1. The summed E-state index contributed by atoms with van der Waals surface area (Å²) in [6, 6.07) is 3.65. The molecule has 1 saturated heterocycles. The smallest absolute Gasteiger partial charge is 0.409 e. The lowest BCUT2D eigenvalue weighted by Gasteiger charge is -2.64. The van der Waals surface area contributed by atoms with E-state index in [0.717, 1.165) is 96.1 Å². The van der Waals surface area contributed by atoms with Crippen LogP contribution in [0.15, 0.2) is 27.6 Å². The average molecular weight is 556 g/mol. The number of hydrogen-bond acceptors (Lipinski definition) is 7. The predicted octanol–water partition coefficient (Wildman–Crippen LogP) is 4.22. The topological polar surface area (TPSA) is 95.3 Å². The van der Waals surface area contributed by atoms with Crippen molar-refractivity contribution in [2.24, 2.45) is 28.6 Å². The van der Waals surface area contributed by atoms with Crippen molar-refractivity contribution >= 4 is 6.09 Å². The maximum atomic E-state index is 12.9. The highest BCUT2D eigenvalue weighted by Gasteiger charge is 2.67. The summed E-state index contributed by atoms with van der Waals surface area (Å²) in [5.41, 5.74) is 0.0400. The van der Waals surface area contributed by atoms with E-state index in [1.54, 1.807) is 6.26 Å². The number of rotatable bonds is 5. The van der Waals surface area contributed by atoms with Crippen LogP contribution in [0.3, 0.4) is 0 Å². The normalized spacial score (nSPS) is 41.5. The molecule has 2 heterocycles. The molecule has 1 amide bonds. The lowest BCUT2D eigenvalue weighted by Crippen LogP contribution is -2.62. The number of hydrogen-bond donors (Lipinski definition) is 2. The standard InChI is InChI=1S/C32H49N3O5/c1-30-11-8-24(34(3)29(37)39-19-18-35-16-14-33-15-17-35)20-23(30)5-6-27-26(30)9-12-31(2)25(10-13-32(27,31)38)22-4-7-28(36)40-21-22/h4,7,21,23-27,33,38H,5-6,8-20H2,1-3H3/t23-,24+,25-,26+,27-,30+,31-,32+/m1/s1. The van der Waals surface area contributed by atoms with Crippen LogP contribution in [0.1, 0.15) is 83.1 Å². The van der Waals surface area contributed by atoms with Crippen LogP contribution < -0.4 is 10.9 Å². The molecule has 0 spiro atoms. The minimum absolute atomic E-state index is 0.186. The molecule has 8 heteroatoms. The Bertz CT molecular complexity index is 1120. The number of ether oxygens (including phenoxy) is 1. The zero-order chi connectivity index (χ0) is 28.1. The summed E-state index contributed by atoms with van der Waals surface area (Å²) < 4.78 is 10.9. The molecule has 1 aliphatic heterocycles. The van der Waals surface area contributed by atoms with Crippen molar-refractivity contribution in [2.45, 2.75) is 89.2 Å². The Morgan fingerprint density at radius 3 is 2.65 bits per heavy atom. The second kappa shape index (κ2) is 10.7. The van der Waals surface area contributed by atoms with E-state index in [2.05, 4.69) is 24.1 Å². The molecule has 8 nitrogen and oxygen atoms in total. The van der Waals surface area contributed by atoms with E-state index in [1.165, 1.54) is 6.07 Å². The first-order valence-electron chi connectivity index (χ1n) is 15.8. The van der Waals surface area contributed by atoms with Crippen molar-refractivity contribution in [2.75, 3.05) is 46.4 Å². The molecule has 5 fully saturated rings. The van der Waals surface area contributed by atoms with Gasteiger partial charge < -0.3 is 24.5 Å². The van der Waals surface area contributed by atoms with Crippen LogP contribution in [0.2, 0.25) is 0 Å². The molecule has 1 aromatic heterocycles. The van der Waals surface area contributed by atoms with E-state index < -0.39 is 5.60 Å². The molecule has 0 aromatic carbocycles. The first kappa shape index (κ1) is 28.2. The third kappa shape index (κ3) is 4.62. The molecule has 4 saturated carbocycles. The quantitative estimate of drug-likeness (QED) is 0.562. The Morgan fingerprint density at radius 2 is 1.90 bits per heavy atom. The average Bonchev–Trinajstić information content (AvgIpc) is 3.24. The summed E-state index contributed by atoms with van der Waals surface area (Å²) in [5.74, 6) is 1.60. The van der Waals surface area contributed by atoms with Gasteiger partial charge in [0, 0.05) is 57.3 Å². The highest BCUT2D eigenvalue weighted by atomic mass is 16.6. The molecule has 1 aromatic rings. The molecular weight excluding hydrogens is 506 g/mol. The Labute approximate surface area is 238 Å². The van der Waals surface area contributed by atoms with E-state index in [0.29, 0.717) is 24.4 Å². The predicted molar refractivity (Wildman–Crippen MR) is 153 cm³/mol. The molecule has 0 bridgehead atoms. The molecule has 222 valence electrons. The lowest BCUT2D eigenvalue weighted by atomic mass is 9.43. The SMILES string of the molecule is CN(C(=O)OCCN1CCNCC1)[C@H]1CC[C@@]2(C)[C@H](CC[C@@H]3[C@@H]2CC[C@]2(C)[C@@H](c4ccc(=O)oc4)CC[C@]32O)C1. The molecule has 2 N–H and O–H groups in total. The van der Waals surface area contributed by atoms with E-state index in [4.69, 9.17) is 9.15 Å². The number of amides is 1. The summed E-state index contributed by atoms with van der Waals surface area (Å²) in [6.07, 6.45) is 10.6. The summed E-state index contributed by atoms with van der Waals surface area (Å²) in [4.78, 5) is 28.7. The van der Waals surface area contributed by atoms with Crippen LogP contribution in [-0.4, -0.2) is 79.0 Å². The molecule has 0 radical (unpaired) electrons. The van der Waals surface area contributed by atoms with Gasteiger partial charge in [-0.3, -0.25) is 4.90 Å². The molecular formula is C32H49N3O5. The van der Waals surface area contributed by atoms with Crippen molar-refractivity contribution in [1.82, 2.24) is 15.1 Å². The maximum Gasteiger partial charge on any atom is 0.409 e. The van der Waals surface area contributed by atoms with Crippen molar-refractivity contribution in [3.63, 3.8) is 0 Å². The Hall–Kier alpha value is -1.90. The first-order chi connectivity index (χ1) is 19.2. The van der Waals surface area contributed by atoms with Gasteiger partial charge in [0.15, 0.2) is 0 Å². The fourth-order valence-corrected chi connectivity index (χ4v) is 10.1. The van der Waals surface area contributed by atoms with Crippen molar-refractivity contribution in [3.8, 4) is 0 Å². The van der Waals surface area contributed by atoms with Gasteiger partial charge in [0.2, 0.25) is 0 Å². The Morgan fingerprint density at radius 1 is 1.10 bits per heavy atom. The van der Waals surface area contributed by atoms with E-state index in [-0.39, 0.29) is 34.5 Å². The Kier molecular flexibility index (Phi) is 7.58. The largest absolute Gasteiger partial charge is 0.448 e. The summed E-state index contributed by atoms with van der Waals surface area (Å²) in [5, 5.41) is 15.8. The van der Waals surface area contributed by atoms with Gasteiger partial charge in [0.25, 0.3) is 0 Å². The maximum absolute atomic E-state index is 12.9. The number of carbonyl (C=O) groups is 1. The molecule has 4 aliphatic carbocycles. The fourth-order valence-electron chi connectivity index (χ4n) is 10.1. The number of piperazine rings is 1. The number of carbonyl (C=O) groups excluding carboxylic acids is 1. The van der Waals surface area contributed by atoms with Gasteiger partial charge in [0.1, 0.15) is 6.61 Å². The van der Waals surface area contributed by atoms with Gasteiger partial charge in [-0.05, 0) is 98.5 Å². The monoisotopic (exact) mass is 555 g/mol. The van der Waals surface area contributed by atoms with Crippen LogP contribution >= 0.6 is 0 Å². The second-order valence-electron chi connectivity index (χ2n) is 14.1. The summed E-state index contributed by atoms with van der Waals surface area (Å²) in [6.45, 7) is 10.1. The van der Waals surface area contributed by atoms with Gasteiger partial charge in [-0.2, -0.15) is 0 Å². The number of fused-ring (bicyclic) bond motifs is 5. The van der Waals surface area contributed by atoms with E-state index in [9.17, 15) is 14.7 Å². The zero-order valence-corrected chi connectivity index (χ0v) is 24.7. The van der Waals surface area contributed by atoms with E-state index >= 15 is 0 Å². The van der Waals surface area contributed by atoms with Crippen LogP contribution in [0.25, 0.3) is 0 Å². The lowest BCUT2D eigenvalue weighted by molar-refractivity contribution is -0.203. The van der Waals surface area contributed by atoms with Crippen LogP contribution in [0.4, 0.5) is 4.79 Å². The molecule has 5 aliphatic rings. The van der Waals surface area contributed by atoms with Gasteiger partial charge >= 0.3 is 11.7 Å². The van der Waals surface area contributed by atoms with Crippen LogP contribution in [-0.2, 0) is 4.74 Å². The summed E-state index contributed by atoms with van der Waals surface area (Å²) in [7, 11) is 1.92. The van der Waals surface area contributed by atoms with Crippen LogP contribution in [0, 0.1) is 28.6 Å². The van der Waals surface area contributed by atoms with Crippen molar-refractivity contribution < 1.29 is 19.1 Å². The van der Waals surface area contributed by atoms with Gasteiger partial charge in [-0.25, -0.2) is 9.59 Å². The van der Waals surface area contributed by atoms with Gasteiger partial charge in [0.05, 0.1) is 11.9 Å². The number of nitrogens with one attached hydrogen (secondary N) is 1. The third-order valence-electron chi connectivity index (χ3n) is 12.6. The summed E-state index contributed by atoms with van der Waals surface area (Å²) >= 11 is 0. The third-order valence-corrected chi connectivity index (χ3v) is 12.6. The van der Waals surface area contributed by atoms with Crippen LogP contribution in [0.5, 0.6) is 0 Å². The first-order valence-corrected chi connectivity index (χ1v) is 15.8. The van der Waals surface area contributed by atoms with Crippen molar-refractivity contribution in [1.29, 1.82) is 0 Å². The highest BCUT2D eigenvalue weighted by Crippen LogP contribution is 2.70. The fraction of sp³-hybridized carbons (Fsp3) is 0.812. The van der Waals surface area contributed by atoms with Gasteiger partial charge in [-0.15, -0.1) is 0 Å². The minimum Gasteiger partial charge on any atom is -0.448 e. The molecule has 8 atom stereocenters. The Balaban J connectivity index is 1.10. The highest BCUT2D eigenvalue weighted by molar-refractivity contribution is 5.67. The minimum atomic E-state index is -0.688. The molecule has 6 rings (SSSR count). The molecule has 0 unspecified atom stereocenters. The zero-order valence-electron chi connectivity index (χ0n) is 24.7. The molecule has 40 heavy (non-hydrogen) atoms.